The molecule has 1 aromatic carbocycles. The first-order chi connectivity index (χ1) is 7.35. The van der Waals surface area contributed by atoms with Crippen LogP contribution >= 0.6 is 0 Å². The normalized spacial score (nSPS) is 14.1. The van der Waals surface area contributed by atoms with Gasteiger partial charge >= 0.3 is 0 Å². The van der Waals surface area contributed by atoms with E-state index >= 15 is 0 Å². The number of fused-ring (bicyclic) bond motifs is 1. The Hall–Kier alpha value is -1.49. The molecule has 0 N–H and O–H groups in total. The number of nitriles is 1. The molecule has 0 heterocycles. The zero-order chi connectivity index (χ0) is 10.7. The Bertz CT molecular complexity index is 404. The summed E-state index contributed by atoms with van der Waals surface area (Å²) in [5.41, 5.74) is 3.84. The van der Waals surface area contributed by atoms with E-state index in [1.807, 2.05) is 0 Å². The van der Waals surface area contributed by atoms with Gasteiger partial charge in [-0.25, -0.2) is 0 Å². The van der Waals surface area contributed by atoms with Gasteiger partial charge in [0.05, 0.1) is 19.6 Å². The van der Waals surface area contributed by atoms with Crippen molar-refractivity contribution in [1.82, 2.24) is 0 Å². The molecule has 0 unspecified atom stereocenters. The number of aryl methyl sites for hydroxylation is 2. The molecular weight excluding hydrogens is 186 g/mol. The Kier molecular flexibility index (Phi) is 2.91. The first-order valence-corrected chi connectivity index (χ1v) is 5.40. The molecule has 0 bridgehead atoms. The number of nitrogens with zero attached hydrogens (tertiary/aromatic N) is 1. The topological polar surface area (TPSA) is 33.0 Å². The summed E-state index contributed by atoms with van der Waals surface area (Å²) in [6.45, 7) is 0. The number of methoxy groups -OCH3 is 1. The van der Waals surface area contributed by atoms with Crippen LogP contribution in [0.2, 0.25) is 0 Å². The molecule has 0 atom stereocenters. The molecule has 15 heavy (non-hydrogen) atoms. The van der Waals surface area contributed by atoms with Gasteiger partial charge in [0, 0.05) is 5.56 Å². The summed E-state index contributed by atoms with van der Waals surface area (Å²) in [5, 5.41) is 8.74. The second-order valence-electron chi connectivity index (χ2n) is 3.97. The fourth-order valence-corrected chi connectivity index (χ4v) is 2.23. The van der Waals surface area contributed by atoms with Crippen LogP contribution in [-0.2, 0) is 19.3 Å². The summed E-state index contributed by atoms with van der Waals surface area (Å²) in [7, 11) is 1.67. The van der Waals surface area contributed by atoms with Crippen molar-refractivity contribution in [2.45, 2.75) is 32.1 Å². The number of benzene rings is 1. The average molecular weight is 201 g/mol. The third-order valence-corrected chi connectivity index (χ3v) is 3.01. The van der Waals surface area contributed by atoms with Crippen molar-refractivity contribution in [3.8, 4) is 11.8 Å². The van der Waals surface area contributed by atoms with Crippen molar-refractivity contribution < 1.29 is 4.74 Å². The highest BCUT2D eigenvalue weighted by Crippen LogP contribution is 2.29. The standard InChI is InChI=1S/C13H15NO/c1-15-13-9-11-5-3-2-4-10(11)8-12(13)6-7-14/h8-9H,2-6H2,1H3. The average Bonchev–Trinajstić information content (AvgIpc) is 2.28. The zero-order valence-electron chi connectivity index (χ0n) is 9.05. The third-order valence-electron chi connectivity index (χ3n) is 3.01. The summed E-state index contributed by atoms with van der Waals surface area (Å²) < 4.78 is 5.31. The molecule has 2 nitrogen and oxygen atoms in total. The van der Waals surface area contributed by atoms with E-state index in [1.165, 1.54) is 24.0 Å². The second kappa shape index (κ2) is 4.35. The van der Waals surface area contributed by atoms with E-state index in [0.29, 0.717) is 6.42 Å². The third kappa shape index (κ3) is 1.97. The Labute approximate surface area is 90.5 Å². The van der Waals surface area contributed by atoms with Crippen LogP contribution in [0.25, 0.3) is 0 Å². The van der Waals surface area contributed by atoms with E-state index in [-0.39, 0.29) is 0 Å². The second-order valence-corrected chi connectivity index (χ2v) is 3.97. The summed E-state index contributed by atoms with van der Waals surface area (Å²) in [6, 6.07) is 6.45. The van der Waals surface area contributed by atoms with Crippen LogP contribution in [0.5, 0.6) is 5.75 Å². The molecule has 2 rings (SSSR count). The zero-order valence-corrected chi connectivity index (χ0v) is 9.05. The van der Waals surface area contributed by atoms with Gasteiger partial charge in [0.25, 0.3) is 0 Å². The maximum Gasteiger partial charge on any atom is 0.123 e. The fourth-order valence-electron chi connectivity index (χ4n) is 2.23. The smallest absolute Gasteiger partial charge is 0.123 e. The van der Waals surface area contributed by atoms with Gasteiger partial charge in [0.15, 0.2) is 0 Å². The van der Waals surface area contributed by atoms with Crippen LogP contribution in [0.15, 0.2) is 12.1 Å². The summed E-state index contributed by atoms with van der Waals surface area (Å²) >= 11 is 0. The lowest BCUT2D eigenvalue weighted by molar-refractivity contribution is 0.409. The molecule has 0 spiro atoms. The predicted molar refractivity (Wildman–Crippen MR) is 59.0 cm³/mol. The van der Waals surface area contributed by atoms with Gasteiger partial charge in [-0.15, -0.1) is 0 Å². The number of hydrogen-bond acceptors (Lipinski definition) is 2. The van der Waals surface area contributed by atoms with Gasteiger partial charge in [-0.2, -0.15) is 5.26 Å². The maximum atomic E-state index is 8.74. The van der Waals surface area contributed by atoms with E-state index < -0.39 is 0 Å². The highest BCUT2D eigenvalue weighted by molar-refractivity contribution is 5.44. The van der Waals surface area contributed by atoms with E-state index in [2.05, 4.69) is 18.2 Å². The lowest BCUT2D eigenvalue weighted by Crippen LogP contribution is -2.05. The summed E-state index contributed by atoms with van der Waals surface area (Å²) in [6.07, 6.45) is 5.28. The first kappa shape index (κ1) is 10.0. The molecule has 1 aliphatic carbocycles. The maximum absolute atomic E-state index is 8.74. The summed E-state index contributed by atoms with van der Waals surface area (Å²) in [5.74, 6) is 0.872. The fraction of sp³-hybridized carbons (Fsp3) is 0.462. The van der Waals surface area contributed by atoms with Crippen LogP contribution in [0.1, 0.15) is 29.5 Å². The number of ether oxygens (including phenoxy) is 1. The van der Waals surface area contributed by atoms with Crippen LogP contribution in [-0.4, -0.2) is 7.11 Å². The van der Waals surface area contributed by atoms with Crippen LogP contribution in [0, 0.1) is 11.3 Å². The van der Waals surface area contributed by atoms with Crippen molar-refractivity contribution in [2.75, 3.05) is 7.11 Å². The minimum absolute atomic E-state index is 0.441. The van der Waals surface area contributed by atoms with Crippen molar-refractivity contribution in [3.63, 3.8) is 0 Å². The van der Waals surface area contributed by atoms with E-state index in [9.17, 15) is 0 Å². The first-order valence-electron chi connectivity index (χ1n) is 5.40. The Morgan fingerprint density at radius 3 is 2.53 bits per heavy atom. The molecule has 0 saturated carbocycles. The van der Waals surface area contributed by atoms with Crippen molar-refractivity contribution in [1.29, 1.82) is 5.26 Å². The van der Waals surface area contributed by atoms with Gasteiger partial charge in [0.2, 0.25) is 0 Å². The molecule has 0 amide bonds. The number of hydrogen-bond donors (Lipinski definition) is 0. The number of rotatable bonds is 2. The van der Waals surface area contributed by atoms with Crippen molar-refractivity contribution in [2.24, 2.45) is 0 Å². The van der Waals surface area contributed by atoms with Crippen LogP contribution in [0.3, 0.4) is 0 Å². The quantitative estimate of drug-likeness (QED) is 0.737. The molecular formula is C13H15NO. The molecule has 1 aliphatic rings. The largest absolute Gasteiger partial charge is 0.496 e. The lowest BCUT2D eigenvalue weighted by atomic mass is 9.89. The minimum atomic E-state index is 0.441. The molecule has 0 aromatic heterocycles. The molecule has 0 radical (unpaired) electrons. The van der Waals surface area contributed by atoms with Gasteiger partial charge < -0.3 is 4.74 Å². The van der Waals surface area contributed by atoms with Crippen LogP contribution < -0.4 is 4.74 Å². The Morgan fingerprint density at radius 1 is 1.27 bits per heavy atom. The van der Waals surface area contributed by atoms with Gasteiger partial charge in [-0.1, -0.05) is 6.07 Å². The van der Waals surface area contributed by atoms with Gasteiger partial charge in [-0.3, -0.25) is 0 Å². The van der Waals surface area contributed by atoms with E-state index in [1.54, 1.807) is 7.11 Å². The van der Waals surface area contributed by atoms with Crippen molar-refractivity contribution >= 4 is 0 Å². The minimum Gasteiger partial charge on any atom is -0.496 e. The van der Waals surface area contributed by atoms with E-state index in [4.69, 9.17) is 10.00 Å². The molecule has 0 fully saturated rings. The highest BCUT2D eigenvalue weighted by Gasteiger charge is 2.13. The van der Waals surface area contributed by atoms with Gasteiger partial charge in [-0.05, 0) is 42.9 Å². The predicted octanol–water partition coefficient (Wildman–Crippen LogP) is 2.64. The SMILES string of the molecule is COc1cc2c(cc1CC#N)CCCC2. The Balaban J connectivity index is 2.42. The Morgan fingerprint density at radius 2 is 1.93 bits per heavy atom. The molecule has 0 saturated heterocycles. The van der Waals surface area contributed by atoms with E-state index in [0.717, 1.165) is 24.2 Å². The molecule has 1 aromatic rings. The molecule has 2 heteroatoms. The monoisotopic (exact) mass is 201 g/mol. The van der Waals surface area contributed by atoms with Gasteiger partial charge in [0.1, 0.15) is 5.75 Å². The molecule has 0 aliphatic heterocycles. The van der Waals surface area contributed by atoms with Crippen LogP contribution in [0.4, 0.5) is 0 Å². The summed E-state index contributed by atoms with van der Waals surface area (Å²) in [4.78, 5) is 0. The highest BCUT2D eigenvalue weighted by atomic mass is 16.5. The van der Waals surface area contributed by atoms with Crippen molar-refractivity contribution in [3.05, 3.63) is 28.8 Å². The lowest BCUT2D eigenvalue weighted by Gasteiger charge is -2.18. The molecule has 78 valence electrons.